The van der Waals surface area contributed by atoms with Crippen LogP contribution in [0.3, 0.4) is 0 Å². The van der Waals surface area contributed by atoms with E-state index in [9.17, 15) is 14.4 Å². The minimum atomic E-state index is -0.796. The van der Waals surface area contributed by atoms with Crippen molar-refractivity contribution >= 4 is 17.7 Å². The molecule has 3 amide bonds. The molecule has 1 atom stereocenters. The summed E-state index contributed by atoms with van der Waals surface area (Å²) in [6.07, 6.45) is -0.00563. The molecular weight excluding hydrogens is 364 g/mol. The lowest BCUT2D eigenvalue weighted by atomic mass is 9.79. The Balaban J connectivity index is 1.51. The van der Waals surface area contributed by atoms with E-state index >= 15 is 0 Å². The van der Waals surface area contributed by atoms with Crippen LogP contribution in [0.15, 0.2) is 40.9 Å². The summed E-state index contributed by atoms with van der Waals surface area (Å²) >= 11 is 0. The maximum Gasteiger partial charge on any atom is 0.290 e. The first-order valence-electron chi connectivity index (χ1n) is 8.89. The number of nitrogens with two attached hydrogens (primary N) is 1. The number of hydrogen-bond donors (Lipinski definition) is 2. The van der Waals surface area contributed by atoms with Gasteiger partial charge in [-0.1, -0.05) is 35.5 Å². The number of amides is 3. The van der Waals surface area contributed by atoms with Crippen molar-refractivity contribution in [3.05, 3.63) is 42.2 Å². The van der Waals surface area contributed by atoms with Crippen molar-refractivity contribution in [3.8, 4) is 11.3 Å². The summed E-state index contributed by atoms with van der Waals surface area (Å²) in [6, 6.07) is 10.7. The van der Waals surface area contributed by atoms with Crippen LogP contribution < -0.4 is 11.2 Å². The first-order valence-corrected chi connectivity index (χ1v) is 8.89. The number of ether oxygens (including phenoxy) is 1. The third-order valence-electron chi connectivity index (χ3n) is 4.80. The van der Waals surface area contributed by atoms with Crippen LogP contribution in [0, 0.1) is 5.92 Å². The molecule has 9 nitrogen and oxygen atoms in total. The first-order chi connectivity index (χ1) is 13.4. The van der Waals surface area contributed by atoms with Gasteiger partial charge < -0.3 is 14.6 Å². The van der Waals surface area contributed by atoms with Gasteiger partial charge in [-0.3, -0.25) is 14.4 Å². The normalized spacial score (nSPS) is 19.4. The van der Waals surface area contributed by atoms with E-state index in [0.29, 0.717) is 23.5 Å². The number of hydrogen-bond acceptors (Lipinski definition) is 7. The molecule has 0 aliphatic heterocycles. The molecule has 1 aromatic heterocycles. The van der Waals surface area contributed by atoms with Crippen LogP contribution in [-0.2, 0) is 14.3 Å². The number of methoxy groups -OCH3 is 1. The molecule has 0 saturated heterocycles. The molecule has 1 aromatic carbocycles. The smallest absolute Gasteiger partial charge is 0.290 e. The third kappa shape index (κ3) is 4.10. The van der Waals surface area contributed by atoms with Crippen molar-refractivity contribution in [1.29, 1.82) is 0 Å². The molecule has 0 bridgehead atoms. The molecule has 28 heavy (non-hydrogen) atoms. The lowest BCUT2D eigenvalue weighted by Crippen LogP contribution is -2.55. The molecule has 2 aromatic rings. The number of nitrogens with one attached hydrogen (secondary N) is 1. The molecule has 1 saturated carbocycles. The van der Waals surface area contributed by atoms with Gasteiger partial charge in [-0.2, -0.15) is 0 Å². The van der Waals surface area contributed by atoms with Gasteiger partial charge in [0, 0.05) is 30.7 Å². The summed E-state index contributed by atoms with van der Waals surface area (Å²) in [5.41, 5.74) is 1.41. The quantitative estimate of drug-likeness (QED) is 0.432. The largest absolute Gasteiger partial charge is 0.372 e. The number of nitrogens with zero attached hydrogens (tertiary/aromatic N) is 2. The zero-order valence-electron chi connectivity index (χ0n) is 15.6. The summed E-state index contributed by atoms with van der Waals surface area (Å²) in [4.78, 5) is 36.4. The monoisotopic (exact) mass is 386 g/mol. The number of benzene rings is 1. The van der Waals surface area contributed by atoms with Crippen molar-refractivity contribution in [2.24, 2.45) is 11.8 Å². The highest BCUT2D eigenvalue weighted by atomic mass is 16.5. The molecule has 1 heterocycles. The molecule has 1 fully saturated rings. The van der Waals surface area contributed by atoms with Crippen LogP contribution >= 0.6 is 0 Å². The minimum Gasteiger partial charge on any atom is -0.372 e. The second-order valence-electron chi connectivity index (χ2n) is 6.71. The predicted octanol–water partition coefficient (Wildman–Crippen LogP) is 1.11. The zero-order valence-corrected chi connectivity index (χ0v) is 15.6. The summed E-state index contributed by atoms with van der Waals surface area (Å²) in [5.74, 6) is 3.78. The number of hydrazine groups is 1. The molecule has 0 unspecified atom stereocenters. The number of rotatable bonds is 6. The minimum absolute atomic E-state index is 0.0955. The lowest BCUT2D eigenvalue weighted by molar-refractivity contribution is -0.155. The second kappa shape index (κ2) is 8.32. The van der Waals surface area contributed by atoms with Gasteiger partial charge in [0.1, 0.15) is 11.8 Å². The number of imide groups is 1. The summed E-state index contributed by atoms with van der Waals surface area (Å²) in [5, 5.41) is 7.29. The van der Waals surface area contributed by atoms with Crippen LogP contribution in [0.4, 0.5) is 0 Å². The molecule has 1 aliphatic carbocycles. The Morgan fingerprint density at radius 1 is 1.29 bits per heavy atom. The Kier molecular flexibility index (Phi) is 5.86. The van der Waals surface area contributed by atoms with Gasteiger partial charge in [-0.15, -0.1) is 0 Å². The fourth-order valence-electron chi connectivity index (χ4n) is 2.92. The van der Waals surface area contributed by atoms with Crippen molar-refractivity contribution < 1.29 is 23.6 Å². The van der Waals surface area contributed by atoms with Crippen LogP contribution in [0.5, 0.6) is 0 Å². The molecule has 3 rings (SSSR count). The molecule has 3 N–H and O–H groups in total. The molecule has 148 valence electrons. The van der Waals surface area contributed by atoms with E-state index in [2.05, 4.69) is 10.5 Å². The molecule has 9 heteroatoms. The van der Waals surface area contributed by atoms with Crippen LogP contribution in [-0.4, -0.2) is 47.1 Å². The Hall–Kier alpha value is -3.04. The summed E-state index contributed by atoms with van der Waals surface area (Å²) in [6.45, 7) is 1.51. The summed E-state index contributed by atoms with van der Waals surface area (Å²) in [7, 11) is 1.36. The predicted molar refractivity (Wildman–Crippen MR) is 98.4 cm³/mol. The van der Waals surface area contributed by atoms with Gasteiger partial charge in [0.2, 0.25) is 11.7 Å². The fourth-order valence-corrected chi connectivity index (χ4v) is 2.92. The van der Waals surface area contributed by atoms with Gasteiger partial charge in [-0.05, 0) is 19.8 Å². The highest BCUT2D eigenvalue weighted by Crippen LogP contribution is 2.29. The Morgan fingerprint density at radius 2 is 1.96 bits per heavy atom. The number of aromatic nitrogens is 1. The average Bonchev–Trinajstić information content (AvgIpc) is 3.19. The van der Waals surface area contributed by atoms with E-state index in [-0.39, 0.29) is 11.8 Å². The van der Waals surface area contributed by atoms with Crippen molar-refractivity contribution in [2.45, 2.75) is 31.9 Å². The van der Waals surface area contributed by atoms with Crippen molar-refractivity contribution in [1.82, 2.24) is 15.5 Å². The zero-order chi connectivity index (χ0) is 20.3. The van der Waals surface area contributed by atoms with E-state index in [1.54, 1.807) is 6.07 Å². The molecule has 0 radical (unpaired) electrons. The Morgan fingerprint density at radius 3 is 2.61 bits per heavy atom. The van der Waals surface area contributed by atoms with E-state index in [4.69, 9.17) is 15.1 Å². The lowest BCUT2D eigenvalue weighted by Gasteiger charge is -2.36. The maximum absolute atomic E-state index is 12.3. The maximum atomic E-state index is 12.3. The van der Waals surface area contributed by atoms with Gasteiger partial charge >= 0.3 is 0 Å². The summed E-state index contributed by atoms with van der Waals surface area (Å²) < 4.78 is 9.99. The SMILES string of the molecule is CO[C@H](C)C(=O)N(N)C(=O)[C@H]1C[C@H](NC(=O)c2cc(-c3ccccc3)no2)C1. The number of carbonyl (C=O) groups excluding carboxylic acids is 3. The van der Waals surface area contributed by atoms with E-state index in [0.717, 1.165) is 5.56 Å². The Labute approximate surface area is 161 Å². The molecule has 0 spiro atoms. The van der Waals surface area contributed by atoms with E-state index < -0.39 is 29.7 Å². The first kappa shape index (κ1) is 19.7. The van der Waals surface area contributed by atoms with Crippen LogP contribution in [0.25, 0.3) is 11.3 Å². The topological polar surface area (TPSA) is 128 Å². The van der Waals surface area contributed by atoms with Gasteiger partial charge in [-0.25, -0.2) is 10.9 Å². The van der Waals surface area contributed by atoms with Crippen molar-refractivity contribution in [2.75, 3.05) is 7.11 Å². The van der Waals surface area contributed by atoms with Crippen LogP contribution in [0.2, 0.25) is 0 Å². The Bertz CT molecular complexity index is 860. The molecule has 1 aliphatic rings. The van der Waals surface area contributed by atoms with E-state index in [1.165, 1.54) is 14.0 Å². The standard InChI is InChI=1S/C19H22N4O5/c1-11(27-2)18(25)23(20)19(26)13-8-14(9-13)21-17(24)16-10-15(22-28-16)12-6-4-3-5-7-12/h3-7,10-11,13-14H,8-9,20H2,1-2H3,(H,21,24)/t11-,13-,14-/m1/s1. The number of carbonyl (C=O) groups is 3. The van der Waals surface area contributed by atoms with Gasteiger partial charge in [0.15, 0.2) is 0 Å². The van der Waals surface area contributed by atoms with Crippen molar-refractivity contribution in [3.63, 3.8) is 0 Å². The van der Waals surface area contributed by atoms with Gasteiger partial charge in [0.25, 0.3) is 11.8 Å². The third-order valence-corrected chi connectivity index (χ3v) is 4.80. The molecular formula is C19H22N4O5. The van der Waals surface area contributed by atoms with E-state index in [1.807, 2.05) is 30.3 Å². The highest BCUT2D eigenvalue weighted by molar-refractivity contribution is 5.98. The average molecular weight is 386 g/mol. The van der Waals surface area contributed by atoms with Gasteiger partial charge in [0.05, 0.1) is 0 Å². The highest BCUT2D eigenvalue weighted by Gasteiger charge is 2.39. The van der Waals surface area contributed by atoms with Crippen LogP contribution in [0.1, 0.15) is 30.3 Å². The second-order valence-corrected chi connectivity index (χ2v) is 6.71. The fraction of sp³-hybridized carbons (Fsp3) is 0.368.